The maximum absolute atomic E-state index is 13.0. The summed E-state index contributed by atoms with van der Waals surface area (Å²) in [5.41, 5.74) is 6.99. The van der Waals surface area contributed by atoms with E-state index in [4.69, 9.17) is 28.9 Å². The number of benzene rings is 1. The molecule has 0 bridgehead atoms. The molecular weight excluding hydrogens is 286 g/mol. The second-order valence-corrected chi connectivity index (χ2v) is 5.13. The van der Waals surface area contributed by atoms with Crippen LogP contribution in [0.2, 0.25) is 10.0 Å². The first-order valence-corrected chi connectivity index (χ1v) is 6.59. The summed E-state index contributed by atoms with van der Waals surface area (Å²) < 4.78 is 13.0. The topological polar surface area (TPSA) is 38.9 Å². The number of aromatic nitrogens is 1. The Morgan fingerprint density at radius 1 is 1.21 bits per heavy atom. The highest BCUT2D eigenvalue weighted by atomic mass is 35.5. The molecule has 2 nitrogen and oxygen atoms in total. The molecule has 1 heterocycles. The number of nitrogens with zero attached hydrogens (tertiary/aromatic N) is 1. The van der Waals surface area contributed by atoms with Gasteiger partial charge in [0.15, 0.2) is 0 Å². The van der Waals surface area contributed by atoms with Crippen LogP contribution in [0, 0.1) is 5.82 Å². The van der Waals surface area contributed by atoms with Gasteiger partial charge >= 0.3 is 0 Å². The van der Waals surface area contributed by atoms with Crippen molar-refractivity contribution in [2.45, 2.75) is 18.9 Å². The third-order valence-electron chi connectivity index (χ3n) is 3.18. The van der Waals surface area contributed by atoms with Crippen LogP contribution < -0.4 is 5.73 Å². The van der Waals surface area contributed by atoms with Gasteiger partial charge in [0.1, 0.15) is 5.82 Å². The minimum absolute atomic E-state index is 0.392. The molecular formula is C14H13Cl2FN2. The molecule has 0 amide bonds. The van der Waals surface area contributed by atoms with Crippen molar-refractivity contribution in [3.63, 3.8) is 0 Å². The lowest BCUT2D eigenvalue weighted by Gasteiger charge is -2.28. The Morgan fingerprint density at radius 3 is 2.47 bits per heavy atom. The zero-order chi connectivity index (χ0) is 14.0. The third kappa shape index (κ3) is 2.73. The number of hydrogen-bond acceptors (Lipinski definition) is 2. The van der Waals surface area contributed by atoms with Gasteiger partial charge in [-0.15, -0.1) is 0 Å². The number of rotatable bonds is 3. The SMILES string of the molecule is CCC(N)(c1ccc(Cl)c(Cl)c1)c1ccc(F)cn1. The predicted molar refractivity (Wildman–Crippen MR) is 75.9 cm³/mol. The van der Waals surface area contributed by atoms with Crippen LogP contribution in [0.5, 0.6) is 0 Å². The first-order valence-electron chi connectivity index (χ1n) is 5.84. The van der Waals surface area contributed by atoms with Crippen LogP contribution in [0.25, 0.3) is 0 Å². The van der Waals surface area contributed by atoms with Crippen LogP contribution in [0.3, 0.4) is 0 Å². The molecule has 0 aliphatic rings. The molecule has 2 N–H and O–H groups in total. The largest absolute Gasteiger partial charge is 0.316 e. The molecule has 1 atom stereocenters. The molecule has 0 saturated carbocycles. The van der Waals surface area contributed by atoms with Crippen molar-refractivity contribution in [2.24, 2.45) is 5.73 Å². The number of pyridine rings is 1. The van der Waals surface area contributed by atoms with E-state index in [2.05, 4.69) is 4.98 Å². The molecule has 1 unspecified atom stereocenters. The van der Waals surface area contributed by atoms with E-state index in [-0.39, 0.29) is 0 Å². The van der Waals surface area contributed by atoms with Gasteiger partial charge in [0, 0.05) is 0 Å². The summed E-state index contributed by atoms with van der Waals surface area (Å²) in [5.74, 6) is -0.392. The summed E-state index contributed by atoms with van der Waals surface area (Å²) in [5, 5.41) is 0.903. The minimum Gasteiger partial charge on any atom is -0.316 e. The second-order valence-electron chi connectivity index (χ2n) is 4.32. The monoisotopic (exact) mass is 298 g/mol. The van der Waals surface area contributed by atoms with E-state index in [0.29, 0.717) is 22.2 Å². The Bertz CT molecular complexity index is 586. The summed E-state index contributed by atoms with van der Waals surface area (Å²) in [4.78, 5) is 4.07. The van der Waals surface area contributed by atoms with E-state index in [1.807, 2.05) is 13.0 Å². The third-order valence-corrected chi connectivity index (χ3v) is 3.92. The van der Waals surface area contributed by atoms with Gasteiger partial charge in [-0.3, -0.25) is 4.98 Å². The molecule has 2 rings (SSSR count). The fourth-order valence-corrected chi connectivity index (χ4v) is 2.24. The molecule has 100 valence electrons. The van der Waals surface area contributed by atoms with Gasteiger partial charge in [-0.05, 0) is 36.2 Å². The van der Waals surface area contributed by atoms with Crippen molar-refractivity contribution in [1.82, 2.24) is 4.98 Å². The molecule has 5 heteroatoms. The van der Waals surface area contributed by atoms with Crippen molar-refractivity contribution in [3.8, 4) is 0 Å². The zero-order valence-corrected chi connectivity index (χ0v) is 11.8. The fraction of sp³-hybridized carbons (Fsp3) is 0.214. The summed E-state index contributed by atoms with van der Waals surface area (Å²) in [7, 11) is 0. The van der Waals surface area contributed by atoms with E-state index in [0.717, 1.165) is 11.8 Å². The van der Waals surface area contributed by atoms with E-state index in [9.17, 15) is 4.39 Å². The standard InChI is InChI=1S/C14H13Cl2FN2/c1-2-14(18,13-6-4-10(17)8-19-13)9-3-5-11(15)12(16)7-9/h3-8H,2,18H2,1H3. The molecule has 0 radical (unpaired) electrons. The molecule has 0 saturated heterocycles. The highest BCUT2D eigenvalue weighted by molar-refractivity contribution is 6.42. The Balaban J connectivity index is 2.52. The maximum atomic E-state index is 13.0. The van der Waals surface area contributed by atoms with Gasteiger partial charge in [-0.1, -0.05) is 36.2 Å². The van der Waals surface area contributed by atoms with Gasteiger partial charge in [0.05, 0.1) is 27.5 Å². The van der Waals surface area contributed by atoms with Crippen LogP contribution in [-0.4, -0.2) is 4.98 Å². The Hall–Kier alpha value is -1.16. The minimum atomic E-state index is -0.818. The Labute approximate surface area is 121 Å². The van der Waals surface area contributed by atoms with Crippen LogP contribution >= 0.6 is 23.2 Å². The number of nitrogens with two attached hydrogens (primary N) is 1. The lowest BCUT2D eigenvalue weighted by atomic mass is 9.85. The first kappa shape index (κ1) is 14.3. The number of halogens is 3. The van der Waals surface area contributed by atoms with Crippen LogP contribution in [0.15, 0.2) is 36.5 Å². The van der Waals surface area contributed by atoms with Crippen molar-refractivity contribution >= 4 is 23.2 Å². The summed E-state index contributed by atoms with van der Waals surface area (Å²) in [6.45, 7) is 1.94. The quantitative estimate of drug-likeness (QED) is 0.925. The van der Waals surface area contributed by atoms with Crippen molar-refractivity contribution in [2.75, 3.05) is 0 Å². The van der Waals surface area contributed by atoms with Crippen LogP contribution in [-0.2, 0) is 5.54 Å². The number of hydrogen-bond donors (Lipinski definition) is 1. The lowest BCUT2D eigenvalue weighted by Crippen LogP contribution is -2.38. The van der Waals surface area contributed by atoms with E-state index in [1.165, 1.54) is 6.07 Å². The average Bonchev–Trinajstić information content (AvgIpc) is 2.42. The summed E-state index contributed by atoms with van der Waals surface area (Å²) in [6.07, 6.45) is 1.76. The molecule has 0 aliphatic carbocycles. The Kier molecular flexibility index (Phi) is 4.09. The fourth-order valence-electron chi connectivity index (χ4n) is 1.95. The summed E-state index contributed by atoms with van der Waals surface area (Å²) in [6, 6.07) is 8.15. The van der Waals surface area contributed by atoms with Gasteiger partial charge < -0.3 is 5.73 Å². The van der Waals surface area contributed by atoms with Crippen molar-refractivity contribution in [1.29, 1.82) is 0 Å². The van der Waals surface area contributed by atoms with Gasteiger partial charge in [-0.2, -0.15) is 0 Å². The van der Waals surface area contributed by atoms with Gasteiger partial charge in [0.2, 0.25) is 0 Å². The molecule has 0 fully saturated rings. The first-order chi connectivity index (χ1) is 8.97. The summed E-state index contributed by atoms with van der Waals surface area (Å²) >= 11 is 11.9. The Morgan fingerprint density at radius 2 is 1.95 bits per heavy atom. The van der Waals surface area contributed by atoms with Crippen molar-refractivity contribution < 1.29 is 4.39 Å². The van der Waals surface area contributed by atoms with E-state index < -0.39 is 11.4 Å². The molecule has 0 aliphatic heterocycles. The van der Waals surface area contributed by atoms with Gasteiger partial charge in [0.25, 0.3) is 0 Å². The molecule has 2 aromatic rings. The normalized spacial score (nSPS) is 14.2. The van der Waals surface area contributed by atoms with Crippen molar-refractivity contribution in [3.05, 3.63) is 63.6 Å². The van der Waals surface area contributed by atoms with Crippen LogP contribution in [0.4, 0.5) is 4.39 Å². The second kappa shape index (κ2) is 5.45. The smallest absolute Gasteiger partial charge is 0.141 e. The predicted octanol–water partition coefficient (Wildman–Crippen LogP) is 4.14. The highest BCUT2D eigenvalue weighted by Gasteiger charge is 2.29. The van der Waals surface area contributed by atoms with E-state index >= 15 is 0 Å². The molecule has 1 aromatic heterocycles. The zero-order valence-electron chi connectivity index (χ0n) is 10.3. The maximum Gasteiger partial charge on any atom is 0.141 e. The van der Waals surface area contributed by atoms with Crippen LogP contribution in [0.1, 0.15) is 24.6 Å². The average molecular weight is 299 g/mol. The molecule has 19 heavy (non-hydrogen) atoms. The highest BCUT2D eigenvalue weighted by Crippen LogP contribution is 2.33. The van der Waals surface area contributed by atoms with E-state index in [1.54, 1.807) is 18.2 Å². The molecule has 0 spiro atoms. The lowest BCUT2D eigenvalue weighted by molar-refractivity contribution is 0.499. The van der Waals surface area contributed by atoms with Gasteiger partial charge in [-0.25, -0.2) is 4.39 Å². The molecule has 1 aromatic carbocycles.